The molecule has 0 aliphatic heterocycles. The van der Waals surface area contributed by atoms with Crippen molar-refractivity contribution in [2.24, 2.45) is 0 Å². The van der Waals surface area contributed by atoms with Crippen molar-refractivity contribution in [2.45, 2.75) is 33.2 Å². The second kappa shape index (κ2) is 8.27. The van der Waals surface area contributed by atoms with Crippen LogP contribution in [-0.4, -0.2) is 39.4 Å². The first-order chi connectivity index (χ1) is 12.4. The molecule has 1 aromatic heterocycles. The van der Waals surface area contributed by atoms with Crippen LogP contribution in [0.4, 0.5) is 5.82 Å². The highest BCUT2D eigenvalue weighted by Crippen LogP contribution is 2.23. The summed E-state index contributed by atoms with van der Waals surface area (Å²) in [5.74, 6) is -1.28. The monoisotopic (exact) mass is 355 g/mol. The van der Waals surface area contributed by atoms with E-state index in [0.29, 0.717) is 29.2 Å². The summed E-state index contributed by atoms with van der Waals surface area (Å²) in [6, 6.07) is 8.27. The number of aromatic nitrogens is 2. The minimum absolute atomic E-state index is 0.239. The summed E-state index contributed by atoms with van der Waals surface area (Å²) in [5, 5.41) is 27.5. The Hall–Kier alpha value is -3.18. The maximum absolute atomic E-state index is 12.2. The van der Waals surface area contributed by atoms with E-state index in [0.717, 1.165) is 5.56 Å². The molecule has 0 radical (unpaired) electrons. The van der Waals surface area contributed by atoms with E-state index >= 15 is 0 Å². The Bertz CT molecular complexity index is 845. The second-order valence-electron chi connectivity index (χ2n) is 5.84. The molecular weight excluding hydrogens is 334 g/mol. The molecule has 0 aliphatic rings. The molecule has 26 heavy (non-hydrogen) atoms. The number of carbonyl (C=O) groups is 2. The number of hydrogen-bond acceptors (Lipinski definition) is 5. The van der Waals surface area contributed by atoms with Crippen LogP contribution in [0, 0.1) is 25.2 Å². The number of amides is 2. The molecule has 0 aliphatic carbocycles. The Kier molecular flexibility index (Phi) is 6.09. The third kappa shape index (κ3) is 4.07. The van der Waals surface area contributed by atoms with Crippen molar-refractivity contribution >= 4 is 17.6 Å². The fourth-order valence-corrected chi connectivity index (χ4v) is 2.31. The van der Waals surface area contributed by atoms with Crippen LogP contribution in [0.15, 0.2) is 24.3 Å². The van der Waals surface area contributed by atoms with Gasteiger partial charge < -0.3 is 15.7 Å². The molecular formula is C18H21N5O3. The van der Waals surface area contributed by atoms with Gasteiger partial charge in [0.15, 0.2) is 0 Å². The Morgan fingerprint density at radius 3 is 2.46 bits per heavy atom. The number of nitriles is 1. The van der Waals surface area contributed by atoms with Gasteiger partial charge in [-0.1, -0.05) is 6.92 Å². The van der Waals surface area contributed by atoms with Gasteiger partial charge in [0.1, 0.15) is 5.82 Å². The number of benzene rings is 1. The summed E-state index contributed by atoms with van der Waals surface area (Å²) in [4.78, 5) is 24.3. The molecule has 2 aromatic rings. The first-order valence-electron chi connectivity index (χ1n) is 8.20. The van der Waals surface area contributed by atoms with Gasteiger partial charge >= 0.3 is 11.8 Å². The lowest BCUT2D eigenvalue weighted by Gasteiger charge is -2.14. The first-order valence-corrected chi connectivity index (χ1v) is 8.20. The highest BCUT2D eigenvalue weighted by molar-refractivity contribution is 6.39. The second-order valence-corrected chi connectivity index (χ2v) is 5.84. The maximum atomic E-state index is 12.2. The minimum atomic E-state index is -0.838. The summed E-state index contributed by atoms with van der Waals surface area (Å²) in [7, 11) is 0. The quantitative estimate of drug-likeness (QED) is 0.696. The van der Waals surface area contributed by atoms with Crippen molar-refractivity contribution in [2.75, 3.05) is 11.9 Å². The summed E-state index contributed by atoms with van der Waals surface area (Å²) in [5.41, 5.74) is 2.59. The van der Waals surface area contributed by atoms with Crippen molar-refractivity contribution < 1.29 is 14.7 Å². The van der Waals surface area contributed by atoms with Crippen LogP contribution >= 0.6 is 0 Å². The molecule has 8 heteroatoms. The molecule has 3 N–H and O–H groups in total. The molecule has 1 unspecified atom stereocenters. The van der Waals surface area contributed by atoms with Crippen molar-refractivity contribution in [3.05, 3.63) is 41.1 Å². The topological polar surface area (TPSA) is 120 Å². The number of anilines is 1. The van der Waals surface area contributed by atoms with Crippen molar-refractivity contribution in [1.82, 2.24) is 15.1 Å². The average Bonchev–Trinajstić information content (AvgIpc) is 2.94. The highest BCUT2D eigenvalue weighted by atomic mass is 16.3. The van der Waals surface area contributed by atoms with Gasteiger partial charge in [0.25, 0.3) is 0 Å². The van der Waals surface area contributed by atoms with Crippen molar-refractivity contribution in [1.29, 1.82) is 5.26 Å². The van der Waals surface area contributed by atoms with Gasteiger partial charge in [-0.25, -0.2) is 4.68 Å². The summed E-state index contributed by atoms with van der Waals surface area (Å²) >= 11 is 0. The number of aryl methyl sites for hydroxylation is 1. The standard InChI is InChI=1S/C18H21N5O3/c1-4-14(10-24)20-17(25)18(26)21-16-11(2)12(3)22-23(16)15-7-5-13(9-19)6-8-15/h5-8,14,24H,4,10H2,1-3H3,(H,20,25)(H,21,26). The van der Waals surface area contributed by atoms with Gasteiger partial charge in [-0.2, -0.15) is 10.4 Å². The Balaban J connectivity index is 2.27. The lowest BCUT2D eigenvalue weighted by atomic mass is 10.2. The van der Waals surface area contributed by atoms with Crippen LogP contribution in [0.2, 0.25) is 0 Å². The largest absolute Gasteiger partial charge is 0.394 e. The van der Waals surface area contributed by atoms with Gasteiger partial charge in [0.05, 0.1) is 35.7 Å². The number of nitrogens with one attached hydrogen (secondary N) is 2. The SMILES string of the molecule is CCC(CO)NC(=O)C(=O)Nc1c(C)c(C)nn1-c1ccc(C#N)cc1. The zero-order valence-corrected chi connectivity index (χ0v) is 14.9. The predicted molar refractivity (Wildman–Crippen MR) is 95.7 cm³/mol. The number of nitrogens with zero attached hydrogens (tertiary/aromatic N) is 3. The molecule has 1 heterocycles. The lowest BCUT2D eigenvalue weighted by molar-refractivity contribution is -0.136. The number of rotatable bonds is 5. The van der Waals surface area contributed by atoms with Crippen molar-refractivity contribution in [3.63, 3.8) is 0 Å². The van der Waals surface area contributed by atoms with E-state index in [9.17, 15) is 9.59 Å². The zero-order valence-electron chi connectivity index (χ0n) is 14.9. The van der Waals surface area contributed by atoms with E-state index in [4.69, 9.17) is 10.4 Å². The normalized spacial score (nSPS) is 11.5. The molecule has 0 saturated carbocycles. The van der Waals surface area contributed by atoms with Gasteiger partial charge in [-0.05, 0) is 44.5 Å². The minimum Gasteiger partial charge on any atom is -0.394 e. The lowest BCUT2D eigenvalue weighted by Crippen LogP contribution is -2.43. The molecule has 8 nitrogen and oxygen atoms in total. The molecule has 1 atom stereocenters. The van der Waals surface area contributed by atoms with Crippen LogP contribution in [-0.2, 0) is 9.59 Å². The van der Waals surface area contributed by atoms with E-state index in [-0.39, 0.29) is 6.61 Å². The average molecular weight is 355 g/mol. The molecule has 2 rings (SSSR count). The molecule has 1 aromatic carbocycles. The van der Waals surface area contributed by atoms with E-state index in [2.05, 4.69) is 15.7 Å². The van der Waals surface area contributed by atoms with Crippen LogP contribution < -0.4 is 10.6 Å². The predicted octanol–water partition coefficient (Wildman–Crippen LogP) is 1.19. The zero-order chi connectivity index (χ0) is 19.3. The summed E-state index contributed by atoms with van der Waals surface area (Å²) < 4.78 is 1.51. The van der Waals surface area contributed by atoms with E-state index in [1.54, 1.807) is 45.0 Å². The van der Waals surface area contributed by atoms with E-state index in [1.165, 1.54) is 4.68 Å². The number of carbonyl (C=O) groups excluding carboxylic acids is 2. The number of aliphatic hydroxyl groups is 1. The van der Waals surface area contributed by atoms with E-state index in [1.807, 2.05) is 6.07 Å². The van der Waals surface area contributed by atoms with Gasteiger partial charge in [0, 0.05) is 5.56 Å². The van der Waals surface area contributed by atoms with Crippen molar-refractivity contribution in [3.8, 4) is 11.8 Å². The molecule has 0 saturated heterocycles. The van der Waals surface area contributed by atoms with Crippen LogP contribution in [0.1, 0.15) is 30.2 Å². The fourth-order valence-electron chi connectivity index (χ4n) is 2.31. The summed E-state index contributed by atoms with van der Waals surface area (Å²) in [6.07, 6.45) is 0.511. The van der Waals surface area contributed by atoms with Gasteiger partial charge in [-0.3, -0.25) is 9.59 Å². The third-order valence-electron chi connectivity index (χ3n) is 4.09. The first kappa shape index (κ1) is 19.1. The molecule has 2 amide bonds. The summed E-state index contributed by atoms with van der Waals surface area (Å²) in [6.45, 7) is 5.14. The fraction of sp³-hybridized carbons (Fsp3) is 0.333. The highest BCUT2D eigenvalue weighted by Gasteiger charge is 2.21. The molecule has 0 fully saturated rings. The van der Waals surface area contributed by atoms with Crippen LogP contribution in [0.3, 0.4) is 0 Å². The van der Waals surface area contributed by atoms with Gasteiger partial charge in [-0.15, -0.1) is 0 Å². The number of aliphatic hydroxyl groups excluding tert-OH is 1. The number of hydrogen-bond donors (Lipinski definition) is 3. The Morgan fingerprint density at radius 2 is 1.92 bits per heavy atom. The molecule has 136 valence electrons. The van der Waals surface area contributed by atoms with Crippen LogP contribution in [0.25, 0.3) is 5.69 Å². The van der Waals surface area contributed by atoms with Gasteiger partial charge in [0.2, 0.25) is 0 Å². The Labute approximate surface area is 151 Å². The molecule has 0 bridgehead atoms. The Morgan fingerprint density at radius 1 is 1.27 bits per heavy atom. The molecule has 0 spiro atoms. The third-order valence-corrected chi connectivity index (χ3v) is 4.09. The maximum Gasteiger partial charge on any atom is 0.314 e. The smallest absolute Gasteiger partial charge is 0.314 e. The van der Waals surface area contributed by atoms with Crippen LogP contribution in [0.5, 0.6) is 0 Å². The van der Waals surface area contributed by atoms with E-state index < -0.39 is 17.9 Å².